The first-order chi connectivity index (χ1) is 12.8. The van der Waals surface area contributed by atoms with Gasteiger partial charge < -0.3 is 9.88 Å². The zero-order valence-electron chi connectivity index (χ0n) is 15.9. The first-order valence-corrected chi connectivity index (χ1v) is 9.73. The summed E-state index contributed by atoms with van der Waals surface area (Å²) in [6.07, 6.45) is 6.92. The van der Waals surface area contributed by atoms with Crippen LogP contribution in [-0.2, 0) is 13.5 Å². The van der Waals surface area contributed by atoms with Gasteiger partial charge in [-0.25, -0.2) is 4.98 Å². The minimum Gasteiger partial charge on any atom is -0.347 e. The number of rotatable bonds is 5. The van der Waals surface area contributed by atoms with Crippen molar-refractivity contribution in [2.45, 2.75) is 44.6 Å². The van der Waals surface area contributed by atoms with Crippen molar-refractivity contribution in [1.29, 1.82) is 0 Å². The van der Waals surface area contributed by atoms with Gasteiger partial charge in [0.2, 0.25) is 0 Å². The van der Waals surface area contributed by atoms with Crippen LogP contribution in [0.3, 0.4) is 0 Å². The molecular formula is C22H24ClN3O. The molecule has 4 rings (SSSR count). The Morgan fingerprint density at radius 2 is 2.07 bits per heavy atom. The highest BCUT2D eigenvalue weighted by Gasteiger charge is 2.28. The van der Waals surface area contributed by atoms with E-state index in [1.807, 2.05) is 55.8 Å². The van der Waals surface area contributed by atoms with Crippen LogP contribution in [0, 0.1) is 0 Å². The van der Waals surface area contributed by atoms with Gasteiger partial charge in [0.1, 0.15) is 5.65 Å². The molecule has 0 atom stereocenters. The molecule has 0 radical (unpaired) electrons. The summed E-state index contributed by atoms with van der Waals surface area (Å²) in [5, 5.41) is 4.96. The third-order valence-corrected chi connectivity index (χ3v) is 5.53. The summed E-state index contributed by atoms with van der Waals surface area (Å²) in [6, 6.07) is 9.73. The zero-order chi connectivity index (χ0) is 19.2. The lowest BCUT2D eigenvalue weighted by Gasteiger charge is -2.27. The number of halogens is 1. The third kappa shape index (κ3) is 3.72. The van der Waals surface area contributed by atoms with E-state index in [2.05, 4.69) is 16.5 Å². The highest BCUT2D eigenvalue weighted by Crippen LogP contribution is 2.43. The number of carbonyl (C=O) groups excluding carboxylic acids is 1. The SMILES string of the molecule is Cn1cc(C2CC2)c2cc(C(=O)NC(C)(C)Cc3ccccc3Cl)cnc21. The lowest BCUT2D eigenvalue weighted by Crippen LogP contribution is -2.45. The Morgan fingerprint density at radius 3 is 2.78 bits per heavy atom. The first kappa shape index (κ1) is 18.1. The van der Waals surface area contributed by atoms with Gasteiger partial charge in [-0.3, -0.25) is 4.79 Å². The Bertz CT molecular complexity index is 1020. The van der Waals surface area contributed by atoms with Crippen molar-refractivity contribution in [3.8, 4) is 0 Å². The van der Waals surface area contributed by atoms with E-state index in [9.17, 15) is 4.79 Å². The predicted molar refractivity (Wildman–Crippen MR) is 109 cm³/mol. The Labute approximate surface area is 164 Å². The molecule has 0 unspecified atom stereocenters. The Morgan fingerprint density at radius 1 is 1.33 bits per heavy atom. The molecule has 0 saturated heterocycles. The number of aromatic nitrogens is 2. The van der Waals surface area contributed by atoms with E-state index in [0.717, 1.165) is 21.6 Å². The van der Waals surface area contributed by atoms with E-state index in [-0.39, 0.29) is 5.91 Å². The van der Waals surface area contributed by atoms with Crippen molar-refractivity contribution in [2.75, 3.05) is 0 Å². The van der Waals surface area contributed by atoms with E-state index in [1.54, 1.807) is 6.20 Å². The van der Waals surface area contributed by atoms with Crippen molar-refractivity contribution < 1.29 is 4.79 Å². The first-order valence-electron chi connectivity index (χ1n) is 9.35. The molecule has 2 aromatic heterocycles. The monoisotopic (exact) mass is 381 g/mol. The van der Waals surface area contributed by atoms with Gasteiger partial charge in [0.05, 0.1) is 5.56 Å². The molecule has 0 aliphatic heterocycles. The number of hydrogen-bond donors (Lipinski definition) is 1. The zero-order valence-corrected chi connectivity index (χ0v) is 16.7. The summed E-state index contributed by atoms with van der Waals surface area (Å²) < 4.78 is 2.05. The second-order valence-corrected chi connectivity index (χ2v) is 8.58. The summed E-state index contributed by atoms with van der Waals surface area (Å²) in [6.45, 7) is 4.02. The van der Waals surface area contributed by atoms with E-state index >= 15 is 0 Å². The van der Waals surface area contributed by atoms with Crippen molar-refractivity contribution in [2.24, 2.45) is 7.05 Å². The number of aryl methyl sites for hydroxylation is 1. The van der Waals surface area contributed by atoms with Crippen molar-refractivity contribution in [3.05, 3.63) is 64.4 Å². The number of fused-ring (bicyclic) bond motifs is 1. The fourth-order valence-corrected chi connectivity index (χ4v) is 3.88. The lowest BCUT2D eigenvalue weighted by molar-refractivity contribution is 0.0913. The van der Waals surface area contributed by atoms with Crippen LogP contribution in [0.5, 0.6) is 0 Å². The van der Waals surface area contributed by atoms with Gasteiger partial charge in [0.25, 0.3) is 5.91 Å². The number of carbonyl (C=O) groups is 1. The summed E-state index contributed by atoms with van der Waals surface area (Å²) in [5.41, 5.74) is 3.45. The highest BCUT2D eigenvalue weighted by molar-refractivity contribution is 6.31. The summed E-state index contributed by atoms with van der Waals surface area (Å²) >= 11 is 6.28. The average Bonchev–Trinajstić information content (AvgIpc) is 3.40. The number of hydrogen-bond acceptors (Lipinski definition) is 2. The Balaban J connectivity index is 1.57. The molecule has 5 heteroatoms. The van der Waals surface area contributed by atoms with Gasteiger partial charge in [-0.15, -0.1) is 0 Å². The van der Waals surface area contributed by atoms with Gasteiger partial charge in [-0.1, -0.05) is 29.8 Å². The maximum Gasteiger partial charge on any atom is 0.253 e. The van der Waals surface area contributed by atoms with Crippen LogP contribution >= 0.6 is 11.6 Å². The predicted octanol–water partition coefficient (Wildman–Crippen LogP) is 4.86. The fourth-order valence-electron chi connectivity index (χ4n) is 3.68. The summed E-state index contributed by atoms with van der Waals surface area (Å²) in [5.74, 6) is 0.512. The Kier molecular flexibility index (Phi) is 4.47. The fraction of sp³-hybridized carbons (Fsp3) is 0.364. The smallest absolute Gasteiger partial charge is 0.253 e. The Hall–Kier alpha value is -2.33. The molecule has 0 bridgehead atoms. The van der Waals surface area contributed by atoms with E-state index in [1.165, 1.54) is 18.4 Å². The van der Waals surface area contributed by atoms with Gasteiger partial charge in [-0.05, 0) is 62.3 Å². The van der Waals surface area contributed by atoms with Gasteiger partial charge in [0, 0.05) is 35.4 Å². The molecule has 1 amide bonds. The second-order valence-electron chi connectivity index (χ2n) is 8.17. The number of nitrogens with zero attached hydrogens (tertiary/aromatic N) is 2. The van der Waals surface area contributed by atoms with Gasteiger partial charge >= 0.3 is 0 Å². The summed E-state index contributed by atoms with van der Waals surface area (Å²) in [4.78, 5) is 17.4. The lowest BCUT2D eigenvalue weighted by atomic mass is 9.94. The molecule has 2 heterocycles. The molecule has 0 spiro atoms. The summed E-state index contributed by atoms with van der Waals surface area (Å²) in [7, 11) is 2.01. The molecule has 1 aliphatic rings. The van der Waals surface area contributed by atoms with Gasteiger partial charge in [-0.2, -0.15) is 0 Å². The van der Waals surface area contributed by atoms with Gasteiger partial charge in [0.15, 0.2) is 0 Å². The minimum atomic E-state index is -0.424. The van der Waals surface area contributed by atoms with E-state index < -0.39 is 5.54 Å². The average molecular weight is 382 g/mol. The molecule has 1 aliphatic carbocycles. The van der Waals surface area contributed by atoms with Crippen LogP contribution in [0.4, 0.5) is 0 Å². The highest BCUT2D eigenvalue weighted by atomic mass is 35.5. The second kappa shape index (κ2) is 6.68. The van der Waals surface area contributed by atoms with Crippen LogP contribution in [0.2, 0.25) is 5.02 Å². The maximum absolute atomic E-state index is 12.9. The van der Waals surface area contributed by atoms with Crippen molar-refractivity contribution >= 4 is 28.5 Å². The molecular weight excluding hydrogens is 358 g/mol. The number of pyridine rings is 1. The molecule has 140 valence electrons. The molecule has 1 aromatic carbocycles. The van der Waals surface area contributed by atoms with Crippen LogP contribution < -0.4 is 5.32 Å². The molecule has 1 N–H and O–H groups in total. The minimum absolute atomic E-state index is 0.105. The molecule has 4 nitrogen and oxygen atoms in total. The molecule has 1 saturated carbocycles. The van der Waals surface area contributed by atoms with Crippen molar-refractivity contribution in [3.63, 3.8) is 0 Å². The van der Waals surface area contributed by atoms with Crippen LogP contribution in [-0.4, -0.2) is 21.0 Å². The van der Waals surface area contributed by atoms with E-state index in [0.29, 0.717) is 17.9 Å². The standard InChI is InChI=1S/C22H24ClN3O/c1-22(2,11-15-6-4-5-7-19(15)23)25-21(27)16-10-17-18(14-8-9-14)13-26(3)20(17)24-12-16/h4-7,10,12-14H,8-9,11H2,1-3H3,(H,25,27). The van der Waals surface area contributed by atoms with E-state index in [4.69, 9.17) is 11.6 Å². The van der Waals surface area contributed by atoms with Crippen LogP contribution in [0.15, 0.2) is 42.7 Å². The third-order valence-electron chi connectivity index (χ3n) is 5.17. The molecule has 1 fully saturated rings. The number of amides is 1. The largest absolute Gasteiger partial charge is 0.347 e. The normalized spacial score (nSPS) is 14.5. The molecule has 3 aromatic rings. The quantitative estimate of drug-likeness (QED) is 0.686. The van der Waals surface area contributed by atoms with Crippen LogP contribution in [0.25, 0.3) is 11.0 Å². The number of benzene rings is 1. The van der Waals surface area contributed by atoms with Crippen LogP contribution in [0.1, 0.15) is 54.1 Å². The molecule has 27 heavy (non-hydrogen) atoms. The topological polar surface area (TPSA) is 46.9 Å². The maximum atomic E-state index is 12.9. The van der Waals surface area contributed by atoms with Crippen molar-refractivity contribution in [1.82, 2.24) is 14.9 Å². The number of nitrogens with one attached hydrogen (secondary N) is 1.